The van der Waals surface area contributed by atoms with E-state index in [0.29, 0.717) is 0 Å². The van der Waals surface area contributed by atoms with Gasteiger partial charge in [0, 0.05) is 25.9 Å². The number of carbonyl (C=O) groups excluding carboxylic acids is 1. The molecule has 4 heteroatoms. The number of piperidine rings is 1. The molecule has 0 aromatic heterocycles. The Hall–Kier alpha value is -1.55. The Kier molecular flexibility index (Phi) is 4.20. The first-order chi connectivity index (χ1) is 8.66. The number of hydrogen-bond acceptors (Lipinski definition) is 3. The average molecular weight is 248 g/mol. The fourth-order valence-corrected chi connectivity index (χ4v) is 2.17. The Morgan fingerprint density at radius 2 is 1.94 bits per heavy atom. The molecule has 1 heterocycles. The lowest BCUT2D eigenvalue weighted by molar-refractivity contribution is -0.133. The van der Waals surface area contributed by atoms with Crippen LogP contribution in [-0.2, 0) is 4.79 Å². The molecule has 98 valence electrons. The van der Waals surface area contributed by atoms with Gasteiger partial charge in [0.05, 0.1) is 6.04 Å². The maximum atomic E-state index is 11.7. The van der Waals surface area contributed by atoms with Gasteiger partial charge in [-0.25, -0.2) is 0 Å². The van der Waals surface area contributed by atoms with Crippen LogP contribution in [-0.4, -0.2) is 36.0 Å². The predicted octanol–water partition coefficient (Wildman–Crippen LogP) is 1.40. The number of ether oxygens (including phenoxy) is 1. The van der Waals surface area contributed by atoms with Crippen molar-refractivity contribution in [2.75, 3.05) is 13.1 Å². The highest BCUT2D eigenvalue weighted by molar-refractivity contribution is 5.81. The SMILES string of the molecule is CC(N)C(=O)N1CCC(Oc2ccccc2)CC1. The summed E-state index contributed by atoms with van der Waals surface area (Å²) in [7, 11) is 0. The molecule has 4 nitrogen and oxygen atoms in total. The molecule has 1 fully saturated rings. The minimum atomic E-state index is -0.406. The maximum Gasteiger partial charge on any atom is 0.239 e. The van der Waals surface area contributed by atoms with Crippen LogP contribution in [0.2, 0.25) is 0 Å². The zero-order valence-corrected chi connectivity index (χ0v) is 10.7. The van der Waals surface area contributed by atoms with Crippen LogP contribution >= 0.6 is 0 Å². The third-order valence-corrected chi connectivity index (χ3v) is 3.19. The van der Waals surface area contributed by atoms with Crippen LogP contribution in [0.25, 0.3) is 0 Å². The summed E-state index contributed by atoms with van der Waals surface area (Å²) in [5.41, 5.74) is 5.60. The first kappa shape index (κ1) is 12.9. The largest absolute Gasteiger partial charge is 0.490 e. The molecule has 18 heavy (non-hydrogen) atoms. The van der Waals surface area contributed by atoms with E-state index >= 15 is 0 Å². The van der Waals surface area contributed by atoms with Gasteiger partial charge in [-0.1, -0.05) is 18.2 Å². The van der Waals surface area contributed by atoms with Gasteiger partial charge in [0.1, 0.15) is 11.9 Å². The molecule has 1 unspecified atom stereocenters. The topological polar surface area (TPSA) is 55.6 Å². The van der Waals surface area contributed by atoms with E-state index in [4.69, 9.17) is 10.5 Å². The molecule has 2 rings (SSSR count). The lowest BCUT2D eigenvalue weighted by atomic mass is 10.1. The standard InChI is InChI=1S/C14H20N2O2/c1-11(15)14(17)16-9-7-13(8-10-16)18-12-5-3-2-4-6-12/h2-6,11,13H,7-10,15H2,1H3. The third kappa shape index (κ3) is 3.23. The van der Waals surface area contributed by atoms with Crippen LogP contribution < -0.4 is 10.5 Å². The maximum absolute atomic E-state index is 11.7. The number of hydrogen-bond donors (Lipinski definition) is 1. The van der Waals surface area contributed by atoms with Crippen molar-refractivity contribution in [3.05, 3.63) is 30.3 Å². The van der Waals surface area contributed by atoms with Gasteiger partial charge in [-0.15, -0.1) is 0 Å². The van der Waals surface area contributed by atoms with Crippen LogP contribution in [0.1, 0.15) is 19.8 Å². The summed E-state index contributed by atoms with van der Waals surface area (Å²) < 4.78 is 5.87. The molecule has 0 spiro atoms. The molecule has 0 bridgehead atoms. The third-order valence-electron chi connectivity index (χ3n) is 3.19. The van der Waals surface area contributed by atoms with Gasteiger partial charge in [0.15, 0.2) is 0 Å². The Morgan fingerprint density at radius 1 is 1.33 bits per heavy atom. The summed E-state index contributed by atoms with van der Waals surface area (Å²) in [6.45, 7) is 3.20. The van der Waals surface area contributed by atoms with E-state index in [-0.39, 0.29) is 12.0 Å². The Balaban J connectivity index is 1.82. The molecular weight excluding hydrogens is 228 g/mol. The fourth-order valence-electron chi connectivity index (χ4n) is 2.17. The Morgan fingerprint density at radius 3 is 2.50 bits per heavy atom. The number of nitrogens with zero attached hydrogens (tertiary/aromatic N) is 1. The smallest absolute Gasteiger partial charge is 0.239 e. The first-order valence-electron chi connectivity index (χ1n) is 6.43. The van der Waals surface area contributed by atoms with Crippen LogP contribution in [0.4, 0.5) is 0 Å². The van der Waals surface area contributed by atoms with Crippen molar-refractivity contribution in [3.63, 3.8) is 0 Å². The number of nitrogens with two attached hydrogens (primary N) is 1. The number of amides is 1. The van der Waals surface area contributed by atoms with Gasteiger partial charge < -0.3 is 15.4 Å². The second kappa shape index (κ2) is 5.87. The van der Waals surface area contributed by atoms with Crippen LogP contribution in [0.15, 0.2) is 30.3 Å². The average Bonchev–Trinajstić information content (AvgIpc) is 2.40. The van der Waals surface area contributed by atoms with Gasteiger partial charge in [0.25, 0.3) is 0 Å². The number of rotatable bonds is 3. The van der Waals surface area contributed by atoms with E-state index in [1.54, 1.807) is 6.92 Å². The van der Waals surface area contributed by atoms with Crippen LogP contribution in [0, 0.1) is 0 Å². The monoisotopic (exact) mass is 248 g/mol. The quantitative estimate of drug-likeness (QED) is 0.879. The van der Waals surface area contributed by atoms with Gasteiger partial charge in [-0.05, 0) is 19.1 Å². The van der Waals surface area contributed by atoms with Crippen molar-refractivity contribution in [2.24, 2.45) is 5.73 Å². The van der Waals surface area contributed by atoms with Crippen molar-refractivity contribution in [3.8, 4) is 5.75 Å². The van der Waals surface area contributed by atoms with Crippen molar-refractivity contribution < 1.29 is 9.53 Å². The van der Waals surface area contributed by atoms with E-state index in [1.165, 1.54) is 0 Å². The normalized spacial score (nSPS) is 18.4. The van der Waals surface area contributed by atoms with Gasteiger partial charge in [-0.2, -0.15) is 0 Å². The lowest BCUT2D eigenvalue weighted by Gasteiger charge is -2.33. The minimum absolute atomic E-state index is 0.0353. The van der Waals surface area contributed by atoms with E-state index < -0.39 is 6.04 Å². The molecule has 0 radical (unpaired) electrons. The highest BCUT2D eigenvalue weighted by Crippen LogP contribution is 2.18. The van der Waals surface area contributed by atoms with E-state index in [9.17, 15) is 4.79 Å². The number of para-hydroxylation sites is 1. The molecule has 1 aliphatic heterocycles. The molecule has 0 saturated carbocycles. The van der Waals surface area contributed by atoms with Gasteiger partial charge >= 0.3 is 0 Å². The van der Waals surface area contributed by atoms with Crippen molar-refractivity contribution >= 4 is 5.91 Å². The summed E-state index contributed by atoms with van der Waals surface area (Å²) >= 11 is 0. The number of benzene rings is 1. The van der Waals surface area contributed by atoms with Gasteiger partial charge in [-0.3, -0.25) is 4.79 Å². The minimum Gasteiger partial charge on any atom is -0.490 e. The molecule has 1 saturated heterocycles. The summed E-state index contributed by atoms with van der Waals surface area (Å²) in [6, 6.07) is 9.40. The molecule has 1 amide bonds. The Bertz CT molecular complexity index is 384. The summed E-state index contributed by atoms with van der Waals surface area (Å²) in [5.74, 6) is 0.933. The highest BCUT2D eigenvalue weighted by atomic mass is 16.5. The summed E-state index contributed by atoms with van der Waals surface area (Å²) in [4.78, 5) is 13.6. The molecule has 1 aromatic rings. The first-order valence-corrected chi connectivity index (χ1v) is 6.43. The summed E-state index contributed by atoms with van der Waals surface area (Å²) in [5, 5.41) is 0. The zero-order valence-electron chi connectivity index (χ0n) is 10.7. The van der Waals surface area contributed by atoms with E-state index in [1.807, 2.05) is 35.2 Å². The number of carbonyl (C=O) groups is 1. The van der Waals surface area contributed by atoms with Crippen molar-refractivity contribution in [1.82, 2.24) is 4.90 Å². The molecule has 1 aliphatic rings. The number of likely N-dealkylation sites (tertiary alicyclic amines) is 1. The lowest BCUT2D eigenvalue weighted by Crippen LogP contribution is -2.47. The zero-order chi connectivity index (χ0) is 13.0. The molecule has 2 N–H and O–H groups in total. The van der Waals surface area contributed by atoms with E-state index in [0.717, 1.165) is 31.7 Å². The van der Waals surface area contributed by atoms with Crippen molar-refractivity contribution in [1.29, 1.82) is 0 Å². The Labute approximate surface area is 108 Å². The van der Waals surface area contributed by atoms with Crippen LogP contribution in [0.3, 0.4) is 0 Å². The van der Waals surface area contributed by atoms with Gasteiger partial charge in [0.2, 0.25) is 5.91 Å². The summed E-state index contributed by atoms with van der Waals surface area (Å²) in [6.07, 6.45) is 1.94. The highest BCUT2D eigenvalue weighted by Gasteiger charge is 2.25. The molecule has 1 aromatic carbocycles. The van der Waals surface area contributed by atoms with E-state index in [2.05, 4.69) is 0 Å². The van der Waals surface area contributed by atoms with Crippen molar-refractivity contribution in [2.45, 2.75) is 31.9 Å². The fraction of sp³-hybridized carbons (Fsp3) is 0.500. The second-order valence-corrected chi connectivity index (χ2v) is 4.74. The van der Waals surface area contributed by atoms with Crippen LogP contribution in [0.5, 0.6) is 5.75 Å². The molecule has 0 aliphatic carbocycles. The molecular formula is C14H20N2O2. The predicted molar refractivity (Wildman–Crippen MR) is 70.3 cm³/mol. The second-order valence-electron chi connectivity index (χ2n) is 4.74. The molecule has 1 atom stereocenters.